The number of methoxy groups -OCH3 is 1. The molecule has 2 rings (SSSR count). The summed E-state index contributed by atoms with van der Waals surface area (Å²) in [5.74, 6) is -0.0278. The summed E-state index contributed by atoms with van der Waals surface area (Å²) in [6.07, 6.45) is 1.21. The number of amides is 1. The number of carbonyl (C=O) groups is 1. The summed E-state index contributed by atoms with van der Waals surface area (Å²) in [6.45, 7) is 1.41. The molecule has 1 aromatic carbocycles. The number of hydrogen-bond acceptors (Lipinski definition) is 5. The molecule has 23 heavy (non-hydrogen) atoms. The van der Waals surface area contributed by atoms with Gasteiger partial charge < -0.3 is 9.47 Å². The largest absolute Gasteiger partial charge is 0.493 e. The molecule has 1 amide bonds. The number of benzene rings is 1. The quantitative estimate of drug-likeness (QED) is 0.645. The number of halogens is 1. The highest BCUT2D eigenvalue weighted by atomic mass is 19.1. The monoisotopic (exact) mass is 320 g/mol. The second kappa shape index (κ2) is 7.39. The second-order valence-corrected chi connectivity index (χ2v) is 4.65. The van der Waals surface area contributed by atoms with Crippen LogP contribution in [0.1, 0.15) is 11.3 Å². The maximum atomic E-state index is 13.7. The van der Waals surface area contributed by atoms with Crippen molar-refractivity contribution in [2.24, 2.45) is 12.1 Å². The Morgan fingerprint density at radius 2 is 2.13 bits per heavy atom. The van der Waals surface area contributed by atoms with Crippen molar-refractivity contribution in [3.8, 4) is 11.5 Å². The Balaban J connectivity index is 1.89. The molecule has 7 nitrogen and oxygen atoms in total. The lowest BCUT2D eigenvalue weighted by Crippen LogP contribution is -2.24. The third kappa shape index (κ3) is 4.06. The van der Waals surface area contributed by atoms with Crippen molar-refractivity contribution >= 4 is 12.1 Å². The molecule has 1 aromatic heterocycles. The third-order valence-electron chi connectivity index (χ3n) is 3.01. The molecule has 0 unspecified atom stereocenters. The number of aryl methyl sites for hydroxylation is 2. The van der Waals surface area contributed by atoms with Gasteiger partial charge in [0.15, 0.2) is 18.1 Å². The molecule has 1 heterocycles. The van der Waals surface area contributed by atoms with Crippen LogP contribution in [0.25, 0.3) is 0 Å². The predicted molar refractivity (Wildman–Crippen MR) is 82.1 cm³/mol. The lowest BCUT2D eigenvalue weighted by Gasteiger charge is -2.09. The summed E-state index contributed by atoms with van der Waals surface area (Å²) in [7, 11) is 3.00. The van der Waals surface area contributed by atoms with Crippen molar-refractivity contribution in [1.82, 2.24) is 15.2 Å². The molecule has 1 N–H and O–H groups in total. The first-order valence-corrected chi connectivity index (χ1v) is 6.79. The molecule has 0 radical (unpaired) electrons. The van der Waals surface area contributed by atoms with Gasteiger partial charge in [0.2, 0.25) is 5.95 Å². The standard InChI is InChI=1S/C15H17FN4O3/c1-10-11(15(16)20(2)19-10)8-17-18-14(21)9-23-13-7-5-4-6-12(13)22-3/h4-8H,9H2,1-3H3,(H,18,21)/b17-8-. The smallest absolute Gasteiger partial charge is 0.277 e. The Labute approximate surface area is 132 Å². The average Bonchev–Trinajstić information content (AvgIpc) is 2.79. The highest BCUT2D eigenvalue weighted by Crippen LogP contribution is 2.25. The van der Waals surface area contributed by atoms with E-state index in [1.807, 2.05) is 0 Å². The molecular weight excluding hydrogens is 303 g/mol. The minimum atomic E-state index is -0.522. The number of hydrogen-bond donors (Lipinski definition) is 1. The van der Waals surface area contributed by atoms with E-state index in [1.165, 1.54) is 20.4 Å². The van der Waals surface area contributed by atoms with Crippen molar-refractivity contribution in [1.29, 1.82) is 0 Å². The Bertz CT molecular complexity index is 728. The average molecular weight is 320 g/mol. The number of rotatable bonds is 6. The van der Waals surface area contributed by atoms with Crippen LogP contribution >= 0.6 is 0 Å². The van der Waals surface area contributed by atoms with E-state index >= 15 is 0 Å². The molecule has 0 fully saturated rings. The van der Waals surface area contributed by atoms with Crippen LogP contribution in [-0.4, -0.2) is 35.6 Å². The molecule has 0 aliphatic carbocycles. The maximum absolute atomic E-state index is 13.7. The van der Waals surface area contributed by atoms with E-state index in [0.717, 1.165) is 4.68 Å². The summed E-state index contributed by atoms with van der Waals surface area (Å²) in [5, 5.41) is 7.60. The van der Waals surface area contributed by atoms with Crippen LogP contribution in [0.4, 0.5) is 4.39 Å². The molecule has 0 saturated heterocycles. The molecule has 0 bridgehead atoms. The number of aromatic nitrogens is 2. The van der Waals surface area contributed by atoms with E-state index in [2.05, 4.69) is 15.6 Å². The Hall–Kier alpha value is -2.90. The van der Waals surface area contributed by atoms with Gasteiger partial charge in [0.1, 0.15) is 0 Å². The molecule has 0 spiro atoms. The number of para-hydroxylation sites is 2. The van der Waals surface area contributed by atoms with Gasteiger partial charge in [0.05, 0.1) is 24.6 Å². The van der Waals surface area contributed by atoms with Gasteiger partial charge in [-0.2, -0.15) is 14.6 Å². The zero-order chi connectivity index (χ0) is 16.8. The Morgan fingerprint density at radius 3 is 2.74 bits per heavy atom. The fourth-order valence-electron chi connectivity index (χ4n) is 1.88. The van der Waals surface area contributed by atoms with Crippen molar-refractivity contribution in [3.05, 3.63) is 41.5 Å². The summed E-state index contributed by atoms with van der Waals surface area (Å²) in [6, 6.07) is 6.96. The first-order valence-electron chi connectivity index (χ1n) is 6.79. The summed E-state index contributed by atoms with van der Waals surface area (Å²) >= 11 is 0. The Kier molecular flexibility index (Phi) is 5.29. The lowest BCUT2D eigenvalue weighted by molar-refractivity contribution is -0.123. The fourth-order valence-corrected chi connectivity index (χ4v) is 1.88. The van der Waals surface area contributed by atoms with E-state index in [0.29, 0.717) is 17.2 Å². The van der Waals surface area contributed by atoms with Crippen LogP contribution in [-0.2, 0) is 11.8 Å². The molecule has 0 saturated carbocycles. The van der Waals surface area contributed by atoms with Crippen LogP contribution in [0.5, 0.6) is 11.5 Å². The van der Waals surface area contributed by atoms with E-state index in [9.17, 15) is 9.18 Å². The van der Waals surface area contributed by atoms with Crippen LogP contribution in [0.2, 0.25) is 0 Å². The first kappa shape index (κ1) is 16.5. The molecule has 8 heteroatoms. The van der Waals surface area contributed by atoms with E-state index in [-0.39, 0.29) is 12.2 Å². The highest BCUT2D eigenvalue weighted by Gasteiger charge is 2.11. The normalized spacial score (nSPS) is 10.8. The Morgan fingerprint density at radius 1 is 1.43 bits per heavy atom. The van der Waals surface area contributed by atoms with Crippen molar-refractivity contribution < 1.29 is 18.7 Å². The van der Waals surface area contributed by atoms with Crippen molar-refractivity contribution in [2.45, 2.75) is 6.92 Å². The van der Waals surface area contributed by atoms with Gasteiger partial charge in [-0.3, -0.25) is 4.79 Å². The van der Waals surface area contributed by atoms with Gasteiger partial charge in [-0.25, -0.2) is 10.1 Å². The molecule has 0 aliphatic rings. The number of hydrazone groups is 1. The van der Waals surface area contributed by atoms with Gasteiger partial charge >= 0.3 is 0 Å². The highest BCUT2D eigenvalue weighted by molar-refractivity contribution is 5.83. The van der Waals surface area contributed by atoms with Crippen molar-refractivity contribution in [2.75, 3.05) is 13.7 Å². The van der Waals surface area contributed by atoms with Gasteiger partial charge in [-0.15, -0.1) is 0 Å². The minimum Gasteiger partial charge on any atom is -0.493 e. The minimum absolute atomic E-state index is 0.221. The lowest BCUT2D eigenvalue weighted by atomic mass is 10.3. The second-order valence-electron chi connectivity index (χ2n) is 4.65. The van der Waals surface area contributed by atoms with E-state index < -0.39 is 11.9 Å². The molecule has 122 valence electrons. The number of nitrogens with zero attached hydrogens (tertiary/aromatic N) is 3. The number of ether oxygens (including phenoxy) is 2. The number of nitrogens with one attached hydrogen (secondary N) is 1. The summed E-state index contributed by atoms with van der Waals surface area (Å²) in [4.78, 5) is 11.7. The zero-order valence-corrected chi connectivity index (χ0v) is 13.0. The van der Waals surface area contributed by atoms with Crippen LogP contribution in [0.15, 0.2) is 29.4 Å². The van der Waals surface area contributed by atoms with Crippen LogP contribution < -0.4 is 14.9 Å². The zero-order valence-electron chi connectivity index (χ0n) is 13.0. The molecular formula is C15H17FN4O3. The molecule has 0 aliphatic heterocycles. The van der Waals surface area contributed by atoms with E-state index in [4.69, 9.17) is 9.47 Å². The van der Waals surface area contributed by atoms with Gasteiger partial charge in [-0.1, -0.05) is 12.1 Å². The van der Waals surface area contributed by atoms with Gasteiger partial charge in [0, 0.05) is 7.05 Å². The predicted octanol–water partition coefficient (Wildman–Crippen LogP) is 1.41. The maximum Gasteiger partial charge on any atom is 0.277 e. The van der Waals surface area contributed by atoms with Gasteiger partial charge in [-0.05, 0) is 19.1 Å². The third-order valence-corrected chi connectivity index (χ3v) is 3.01. The summed E-state index contributed by atoms with van der Waals surface area (Å²) < 4.78 is 25.2. The van der Waals surface area contributed by atoms with E-state index in [1.54, 1.807) is 31.2 Å². The van der Waals surface area contributed by atoms with Crippen molar-refractivity contribution in [3.63, 3.8) is 0 Å². The van der Waals surface area contributed by atoms with Crippen LogP contribution in [0.3, 0.4) is 0 Å². The summed E-state index contributed by atoms with van der Waals surface area (Å²) in [5.41, 5.74) is 2.96. The number of carbonyl (C=O) groups excluding carboxylic acids is 1. The SMILES string of the molecule is COc1ccccc1OCC(=O)N/N=C\c1c(C)nn(C)c1F. The molecule has 2 aromatic rings. The topological polar surface area (TPSA) is 77.7 Å². The first-order chi connectivity index (χ1) is 11.0. The van der Waals surface area contributed by atoms with Gasteiger partial charge in [0.25, 0.3) is 5.91 Å². The van der Waals surface area contributed by atoms with Crippen LogP contribution in [0, 0.1) is 12.9 Å². The fraction of sp³-hybridized carbons (Fsp3) is 0.267. The molecule has 0 atom stereocenters.